The number of hydrogen-bond acceptors (Lipinski definition) is 1. The predicted molar refractivity (Wildman–Crippen MR) is 83.7 cm³/mol. The fourth-order valence-corrected chi connectivity index (χ4v) is 4.81. The molecule has 0 aliphatic carbocycles. The van der Waals surface area contributed by atoms with Gasteiger partial charge in [0.25, 0.3) is 0 Å². The first-order valence-corrected chi connectivity index (χ1v) is 8.05. The van der Waals surface area contributed by atoms with Crippen LogP contribution in [0.5, 0.6) is 0 Å². The van der Waals surface area contributed by atoms with Crippen molar-refractivity contribution in [1.82, 2.24) is 0 Å². The molecule has 4 heteroatoms. The Hall–Kier alpha value is 0.170. The SMILES string of the molecule is Cc1ccc(Cl)cc1C(Br)c1cc(Br)sc1C. The maximum atomic E-state index is 6.07. The zero-order valence-electron chi connectivity index (χ0n) is 9.43. The molecule has 0 bridgehead atoms. The summed E-state index contributed by atoms with van der Waals surface area (Å²) in [6.45, 7) is 4.25. The molecule has 1 heterocycles. The van der Waals surface area contributed by atoms with Gasteiger partial charge in [-0.05, 0) is 64.7 Å². The summed E-state index contributed by atoms with van der Waals surface area (Å²) in [5, 5.41) is 0.780. The molecule has 2 aromatic rings. The molecule has 0 aliphatic rings. The van der Waals surface area contributed by atoms with Crippen LogP contribution in [0.1, 0.15) is 26.4 Å². The first-order chi connectivity index (χ1) is 7.99. The minimum absolute atomic E-state index is 0.198. The first-order valence-electron chi connectivity index (χ1n) is 5.15. The molecule has 0 N–H and O–H groups in total. The fraction of sp³-hybridized carbons (Fsp3) is 0.231. The molecule has 0 aliphatic heterocycles. The van der Waals surface area contributed by atoms with E-state index in [1.54, 1.807) is 11.3 Å². The number of aryl methyl sites for hydroxylation is 2. The Labute approximate surface area is 127 Å². The topological polar surface area (TPSA) is 0 Å². The van der Waals surface area contributed by atoms with Crippen LogP contribution in [0.4, 0.5) is 0 Å². The van der Waals surface area contributed by atoms with E-state index < -0.39 is 0 Å². The standard InChI is InChI=1S/C13H11Br2ClS/c1-7-3-4-9(16)5-10(7)13(15)11-6-12(14)17-8(11)2/h3-6,13H,1-2H3. The predicted octanol–water partition coefficient (Wildman–Crippen LogP) is 6.27. The van der Waals surface area contributed by atoms with Crippen LogP contribution in [0, 0.1) is 13.8 Å². The van der Waals surface area contributed by atoms with Gasteiger partial charge in [0.15, 0.2) is 0 Å². The summed E-state index contributed by atoms with van der Waals surface area (Å²) in [6, 6.07) is 8.18. The van der Waals surface area contributed by atoms with Crippen molar-refractivity contribution < 1.29 is 0 Å². The van der Waals surface area contributed by atoms with Gasteiger partial charge in [-0.3, -0.25) is 0 Å². The number of halogens is 3. The summed E-state index contributed by atoms with van der Waals surface area (Å²) in [5.41, 5.74) is 3.77. The third kappa shape index (κ3) is 2.95. The molecule has 1 atom stereocenters. The summed E-state index contributed by atoms with van der Waals surface area (Å²) < 4.78 is 1.16. The van der Waals surface area contributed by atoms with Crippen LogP contribution in [0.15, 0.2) is 28.1 Å². The summed E-state index contributed by atoms with van der Waals surface area (Å²) in [7, 11) is 0. The van der Waals surface area contributed by atoms with Gasteiger partial charge in [0.2, 0.25) is 0 Å². The highest BCUT2D eigenvalue weighted by molar-refractivity contribution is 9.11. The lowest BCUT2D eigenvalue weighted by atomic mass is 10.0. The minimum atomic E-state index is 0.198. The highest BCUT2D eigenvalue weighted by Crippen LogP contribution is 2.40. The summed E-state index contributed by atoms with van der Waals surface area (Å²) in [5.74, 6) is 0. The second-order valence-corrected chi connectivity index (χ2v) is 7.91. The van der Waals surface area contributed by atoms with E-state index in [-0.39, 0.29) is 4.83 Å². The van der Waals surface area contributed by atoms with Gasteiger partial charge < -0.3 is 0 Å². The van der Waals surface area contributed by atoms with Crippen LogP contribution in [-0.2, 0) is 0 Å². The van der Waals surface area contributed by atoms with E-state index in [1.165, 1.54) is 21.6 Å². The number of thiophene rings is 1. The van der Waals surface area contributed by atoms with Crippen molar-refractivity contribution in [2.75, 3.05) is 0 Å². The molecule has 0 spiro atoms. The molecule has 0 saturated carbocycles. The Morgan fingerprint density at radius 1 is 1.18 bits per heavy atom. The van der Waals surface area contributed by atoms with Crippen molar-refractivity contribution in [3.05, 3.63) is 54.6 Å². The van der Waals surface area contributed by atoms with Crippen molar-refractivity contribution in [3.63, 3.8) is 0 Å². The van der Waals surface area contributed by atoms with Gasteiger partial charge in [-0.1, -0.05) is 33.6 Å². The van der Waals surface area contributed by atoms with Crippen LogP contribution in [-0.4, -0.2) is 0 Å². The van der Waals surface area contributed by atoms with Crippen LogP contribution in [0.3, 0.4) is 0 Å². The van der Waals surface area contributed by atoms with Gasteiger partial charge >= 0.3 is 0 Å². The maximum Gasteiger partial charge on any atom is 0.0704 e. The Bertz CT molecular complexity index is 548. The van der Waals surface area contributed by atoms with Crippen molar-refractivity contribution in [2.24, 2.45) is 0 Å². The lowest BCUT2D eigenvalue weighted by molar-refractivity contribution is 1.14. The summed E-state index contributed by atoms with van der Waals surface area (Å²) >= 11 is 15.1. The lowest BCUT2D eigenvalue weighted by Gasteiger charge is -2.13. The molecule has 90 valence electrons. The number of rotatable bonds is 2. The normalized spacial score (nSPS) is 12.8. The van der Waals surface area contributed by atoms with Crippen LogP contribution >= 0.6 is 54.8 Å². The molecule has 0 radical (unpaired) electrons. The van der Waals surface area contributed by atoms with E-state index in [4.69, 9.17) is 11.6 Å². The third-order valence-electron chi connectivity index (χ3n) is 2.71. The number of hydrogen-bond donors (Lipinski definition) is 0. The fourth-order valence-electron chi connectivity index (χ4n) is 1.76. The smallest absolute Gasteiger partial charge is 0.0704 e. The maximum absolute atomic E-state index is 6.07. The molecule has 0 nitrogen and oxygen atoms in total. The highest BCUT2D eigenvalue weighted by atomic mass is 79.9. The van der Waals surface area contributed by atoms with Gasteiger partial charge in [0.05, 0.1) is 8.61 Å². The zero-order chi connectivity index (χ0) is 12.6. The van der Waals surface area contributed by atoms with Crippen LogP contribution in [0.25, 0.3) is 0 Å². The van der Waals surface area contributed by atoms with E-state index in [0.29, 0.717) is 0 Å². The Morgan fingerprint density at radius 3 is 2.47 bits per heavy atom. The van der Waals surface area contributed by atoms with E-state index in [0.717, 1.165) is 8.81 Å². The third-order valence-corrected chi connectivity index (χ3v) is 5.50. The van der Waals surface area contributed by atoms with Gasteiger partial charge in [-0.25, -0.2) is 0 Å². The highest BCUT2D eigenvalue weighted by Gasteiger charge is 2.17. The Morgan fingerprint density at radius 2 is 1.88 bits per heavy atom. The zero-order valence-corrected chi connectivity index (χ0v) is 14.2. The van der Waals surface area contributed by atoms with E-state index in [9.17, 15) is 0 Å². The quantitative estimate of drug-likeness (QED) is 0.527. The number of alkyl halides is 1. The summed E-state index contributed by atoms with van der Waals surface area (Å²) in [4.78, 5) is 1.52. The van der Waals surface area contributed by atoms with Gasteiger partial charge in [-0.15, -0.1) is 11.3 Å². The van der Waals surface area contributed by atoms with Crippen LogP contribution < -0.4 is 0 Å². The van der Waals surface area contributed by atoms with Crippen molar-refractivity contribution >= 4 is 54.8 Å². The molecule has 0 amide bonds. The second kappa shape index (κ2) is 5.43. The largest absolute Gasteiger partial charge is 0.133 e. The van der Waals surface area contributed by atoms with Gasteiger partial charge in [0.1, 0.15) is 0 Å². The van der Waals surface area contributed by atoms with Gasteiger partial charge in [0, 0.05) is 9.90 Å². The van der Waals surface area contributed by atoms with Crippen molar-refractivity contribution in [1.29, 1.82) is 0 Å². The molecular formula is C13H11Br2ClS. The van der Waals surface area contributed by atoms with E-state index in [1.807, 2.05) is 12.1 Å². The summed E-state index contributed by atoms with van der Waals surface area (Å²) in [6.07, 6.45) is 0. The van der Waals surface area contributed by atoms with E-state index >= 15 is 0 Å². The average molecular weight is 395 g/mol. The number of benzene rings is 1. The molecule has 17 heavy (non-hydrogen) atoms. The Kier molecular flexibility index (Phi) is 4.35. The minimum Gasteiger partial charge on any atom is -0.133 e. The lowest BCUT2D eigenvalue weighted by Crippen LogP contribution is -1.95. The monoisotopic (exact) mass is 392 g/mol. The van der Waals surface area contributed by atoms with Gasteiger partial charge in [-0.2, -0.15) is 0 Å². The van der Waals surface area contributed by atoms with Crippen LogP contribution in [0.2, 0.25) is 5.02 Å². The average Bonchev–Trinajstić information content (AvgIpc) is 2.60. The van der Waals surface area contributed by atoms with E-state index in [2.05, 4.69) is 57.8 Å². The Balaban J connectivity index is 2.46. The molecular weight excluding hydrogens is 383 g/mol. The molecule has 2 rings (SSSR count). The molecule has 1 unspecified atom stereocenters. The van der Waals surface area contributed by atoms with Crippen molar-refractivity contribution in [2.45, 2.75) is 18.7 Å². The molecule has 1 aromatic heterocycles. The molecule has 1 aromatic carbocycles. The molecule has 0 saturated heterocycles. The second-order valence-electron chi connectivity index (χ2n) is 3.93. The molecule has 0 fully saturated rings. The first kappa shape index (κ1) is 13.6. The van der Waals surface area contributed by atoms with Crippen molar-refractivity contribution in [3.8, 4) is 0 Å².